The Bertz CT molecular complexity index is 1020. The minimum absolute atomic E-state index is 0.145. The molecule has 0 aliphatic heterocycles. The topological polar surface area (TPSA) is 118 Å². The summed E-state index contributed by atoms with van der Waals surface area (Å²) < 4.78 is 49.8. The first-order valence-electron chi connectivity index (χ1n) is 9.11. The second kappa shape index (κ2) is 9.56. The molecule has 2 rings (SSSR count). The van der Waals surface area contributed by atoms with Crippen molar-refractivity contribution in [2.75, 3.05) is 29.6 Å². The number of rotatable bonds is 7. The van der Waals surface area contributed by atoms with Crippen molar-refractivity contribution < 1.29 is 27.3 Å². The van der Waals surface area contributed by atoms with E-state index >= 15 is 0 Å². The van der Waals surface area contributed by atoms with E-state index in [1.807, 2.05) is 0 Å². The number of carbonyl (C=O) groups excluding carboxylic acids is 1. The number of alkyl halides is 3. The number of nitrogens with two attached hydrogens (primary N) is 1. The highest BCUT2D eigenvalue weighted by atomic mass is 32.2. The van der Waals surface area contributed by atoms with E-state index in [-0.39, 0.29) is 16.9 Å². The number of benzene rings is 1. The van der Waals surface area contributed by atoms with Crippen LogP contribution in [0.25, 0.3) is 0 Å². The number of aliphatic imine (C=N–C) groups is 1. The lowest BCUT2D eigenvalue weighted by atomic mass is 9.94. The van der Waals surface area contributed by atoms with Gasteiger partial charge in [-0.05, 0) is 38.1 Å². The van der Waals surface area contributed by atoms with Crippen LogP contribution in [-0.4, -0.2) is 45.0 Å². The lowest BCUT2D eigenvalue weighted by Gasteiger charge is -2.23. The summed E-state index contributed by atoms with van der Waals surface area (Å²) in [6.07, 6.45) is -1.70. The van der Waals surface area contributed by atoms with Crippen molar-refractivity contribution in [3.05, 3.63) is 52.8 Å². The third-order valence-corrected chi connectivity index (χ3v) is 4.90. The number of nitrogens with one attached hydrogen (secondary N) is 1. The fraction of sp³-hybridized carbons (Fsp3) is 0.350. The molecule has 1 heterocycles. The van der Waals surface area contributed by atoms with Crippen LogP contribution in [0.1, 0.15) is 41.2 Å². The number of amides is 1. The zero-order valence-corrected chi connectivity index (χ0v) is 18.0. The maximum absolute atomic E-state index is 12.9. The molecule has 0 aliphatic carbocycles. The first-order chi connectivity index (χ1) is 14.3. The van der Waals surface area contributed by atoms with E-state index in [4.69, 9.17) is 5.73 Å². The Morgan fingerprint density at radius 1 is 1.32 bits per heavy atom. The molecule has 0 fully saturated rings. The average molecular weight is 456 g/mol. The maximum Gasteiger partial charge on any atom is 0.433 e. The van der Waals surface area contributed by atoms with Gasteiger partial charge in [-0.3, -0.25) is 14.0 Å². The summed E-state index contributed by atoms with van der Waals surface area (Å²) in [7, 11) is -1.01. The number of halogens is 3. The van der Waals surface area contributed by atoms with Gasteiger partial charge >= 0.3 is 6.18 Å². The molecule has 4 N–H and O–H groups in total. The molecular formula is C20H23F3N4O3S. The second-order valence-electron chi connectivity index (χ2n) is 7.26. The fourth-order valence-corrected chi connectivity index (χ4v) is 2.97. The molecule has 1 amide bonds. The molecule has 1 unspecified atom stereocenters. The predicted octanol–water partition coefficient (Wildman–Crippen LogP) is 2.96. The first-order valence-corrected chi connectivity index (χ1v) is 10.8. The van der Waals surface area contributed by atoms with Crippen LogP contribution in [0.4, 0.5) is 24.5 Å². The lowest BCUT2D eigenvalue weighted by Crippen LogP contribution is -2.23. The smallest absolute Gasteiger partial charge is 0.398 e. The summed E-state index contributed by atoms with van der Waals surface area (Å²) in [6, 6.07) is 5.91. The Labute approximate surface area is 180 Å². The summed E-state index contributed by atoms with van der Waals surface area (Å²) >= 11 is 0. The van der Waals surface area contributed by atoms with Crippen LogP contribution in [0.15, 0.2) is 35.3 Å². The van der Waals surface area contributed by atoms with Gasteiger partial charge in [0.2, 0.25) is 0 Å². The fourth-order valence-electron chi connectivity index (χ4n) is 2.60. The number of hydrogen-bond acceptors (Lipinski definition) is 6. The van der Waals surface area contributed by atoms with Gasteiger partial charge in [-0.2, -0.15) is 13.2 Å². The molecule has 31 heavy (non-hydrogen) atoms. The van der Waals surface area contributed by atoms with E-state index in [0.717, 1.165) is 18.2 Å². The molecule has 1 aromatic carbocycles. The average Bonchev–Trinajstić information content (AvgIpc) is 2.65. The van der Waals surface area contributed by atoms with Crippen molar-refractivity contribution >= 4 is 34.3 Å². The van der Waals surface area contributed by atoms with Crippen LogP contribution in [-0.2, 0) is 22.6 Å². The number of aliphatic hydroxyl groups is 1. The zero-order chi connectivity index (χ0) is 23.4. The second-order valence-corrected chi connectivity index (χ2v) is 8.81. The van der Waals surface area contributed by atoms with Crippen molar-refractivity contribution in [3.63, 3.8) is 0 Å². The summed E-state index contributed by atoms with van der Waals surface area (Å²) in [5, 5.41) is 12.9. The predicted molar refractivity (Wildman–Crippen MR) is 115 cm³/mol. The zero-order valence-electron chi connectivity index (χ0n) is 17.2. The summed E-state index contributed by atoms with van der Waals surface area (Å²) in [4.78, 5) is 20.1. The van der Waals surface area contributed by atoms with Gasteiger partial charge < -0.3 is 16.2 Å². The van der Waals surface area contributed by atoms with Gasteiger partial charge in [0.15, 0.2) is 0 Å². The van der Waals surface area contributed by atoms with E-state index in [0.29, 0.717) is 17.9 Å². The normalized spacial score (nSPS) is 13.4. The quantitative estimate of drug-likeness (QED) is 0.437. The molecule has 0 spiro atoms. The Balaban J connectivity index is 2.40. The Morgan fingerprint density at radius 2 is 2.00 bits per heavy atom. The molecule has 0 radical (unpaired) electrons. The molecule has 0 aliphatic rings. The summed E-state index contributed by atoms with van der Waals surface area (Å²) in [5.41, 5.74) is 4.08. The number of hydrogen-bond donors (Lipinski definition) is 3. The number of aromatic nitrogens is 1. The molecular weight excluding hydrogens is 433 g/mol. The maximum atomic E-state index is 12.9. The van der Waals surface area contributed by atoms with Crippen LogP contribution >= 0.6 is 0 Å². The van der Waals surface area contributed by atoms with Gasteiger partial charge in [0.25, 0.3) is 5.91 Å². The van der Waals surface area contributed by atoms with Gasteiger partial charge in [-0.15, -0.1) is 0 Å². The van der Waals surface area contributed by atoms with E-state index in [9.17, 15) is 27.3 Å². The monoisotopic (exact) mass is 456 g/mol. The minimum atomic E-state index is -4.69. The van der Waals surface area contributed by atoms with Crippen LogP contribution < -0.4 is 11.1 Å². The van der Waals surface area contributed by atoms with Crippen molar-refractivity contribution in [3.8, 4) is 0 Å². The molecule has 0 saturated heterocycles. The van der Waals surface area contributed by atoms with E-state index in [1.54, 1.807) is 6.26 Å². The number of carbonyl (C=O) groups is 1. The SMILES string of the molecule is CS(=O)CCN=Cc1cc(NC(=O)c2cccc(C(F)(F)F)n2)c(C(C)(C)O)cc1N. The van der Waals surface area contributed by atoms with Crippen LogP contribution in [0.2, 0.25) is 0 Å². The Kier molecular flexibility index (Phi) is 7.55. The third kappa shape index (κ3) is 6.86. The highest BCUT2D eigenvalue weighted by molar-refractivity contribution is 7.84. The molecule has 0 bridgehead atoms. The van der Waals surface area contributed by atoms with Gasteiger partial charge in [0.1, 0.15) is 11.4 Å². The molecule has 168 valence electrons. The molecule has 11 heteroatoms. The van der Waals surface area contributed by atoms with Crippen molar-refractivity contribution in [2.24, 2.45) is 4.99 Å². The van der Waals surface area contributed by atoms with Crippen LogP contribution in [0.3, 0.4) is 0 Å². The third-order valence-electron chi connectivity index (χ3n) is 4.14. The van der Waals surface area contributed by atoms with Crippen molar-refractivity contribution in [1.29, 1.82) is 0 Å². The Hall–Kier alpha value is -2.79. The number of nitrogen functional groups attached to an aromatic ring is 1. The number of nitrogens with zero attached hydrogens (tertiary/aromatic N) is 2. The summed E-state index contributed by atoms with van der Waals surface area (Å²) in [5.74, 6) is -0.520. The van der Waals surface area contributed by atoms with Crippen molar-refractivity contribution in [2.45, 2.75) is 25.6 Å². The molecule has 1 aromatic heterocycles. The van der Waals surface area contributed by atoms with Crippen LogP contribution in [0, 0.1) is 0 Å². The molecule has 0 saturated carbocycles. The highest BCUT2D eigenvalue weighted by Gasteiger charge is 2.33. The van der Waals surface area contributed by atoms with Crippen molar-refractivity contribution in [1.82, 2.24) is 4.98 Å². The van der Waals surface area contributed by atoms with Gasteiger partial charge in [0.05, 0.1) is 12.1 Å². The van der Waals surface area contributed by atoms with Gasteiger partial charge in [-0.25, -0.2) is 4.98 Å². The van der Waals surface area contributed by atoms with E-state index in [1.165, 1.54) is 32.2 Å². The minimum Gasteiger partial charge on any atom is -0.398 e. The Morgan fingerprint density at radius 3 is 2.58 bits per heavy atom. The van der Waals surface area contributed by atoms with E-state index < -0.39 is 39.9 Å². The highest BCUT2D eigenvalue weighted by Crippen LogP contribution is 2.32. The molecule has 7 nitrogen and oxygen atoms in total. The first kappa shape index (κ1) is 24.5. The van der Waals surface area contributed by atoms with E-state index in [2.05, 4.69) is 15.3 Å². The van der Waals surface area contributed by atoms with Gasteiger partial charge in [0, 0.05) is 51.5 Å². The van der Waals surface area contributed by atoms with Gasteiger partial charge in [-0.1, -0.05) is 6.07 Å². The largest absolute Gasteiger partial charge is 0.433 e. The van der Waals surface area contributed by atoms with Crippen LogP contribution in [0.5, 0.6) is 0 Å². The molecule has 1 atom stereocenters. The summed E-state index contributed by atoms with van der Waals surface area (Å²) in [6.45, 7) is 3.25. The lowest BCUT2D eigenvalue weighted by molar-refractivity contribution is -0.141. The number of anilines is 2. The number of pyridine rings is 1. The molecule has 2 aromatic rings. The standard InChI is InChI=1S/C20H23F3N4O3S/c1-19(2,29)13-10-14(24)12(11-25-7-8-31(3)30)9-16(13)27-18(28)15-5-4-6-17(26-15)20(21,22)23/h4-6,9-11,29H,7-8,24H2,1-3H3,(H,27,28).